The fourth-order valence-electron chi connectivity index (χ4n) is 2.66. The molecule has 1 heterocycles. The zero-order chi connectivity index (χ0) is 13.9. The predicted octanol–water partition coefficient (Wildman–Crippen LogP) is 2.32. The first kappa shape index (κ1) is 14.4. The first-order valence-electron chi connectivity index (χ1n) is 7.21. The van der Waals surface area contributed by atoms with Crippen molar-refractivity contribution >= 4 is 5.69 Å². The fourth-order valence-corrected chi connectivity index (χ4v) is 2.66. The minimum Gasteiger partial charge on any atom is -0.396 e. The third kappa shape index (κ3) is 3.71. The lowest BCUT2D eigenvalue weighted by Crippen LogP contribution is -2.39. The molecule has 1 aliphatic rings. The summed E-state index contributed by atoms with van der Waals surface area (Å²) in [5.74, 6) is 0. The molecule has 0 aliphatic carbocycles. The van der Waals surface area contributed by atoms with E-state index in [4.69, 9.17) is 5.11 Å². The summed E-state index contributed by atoms with van der Waals surface area (Å²) in [7, 11) is 2.17. The van der Waals surface area contributed by atoms with Crippen molar-refractivity contribution in [1.82, 2.24) is 5.32 Å². The summed E-state index contributed by atoms with van der Waals surface area (Å²) >= 11 is 0. The summed E-state index contributed by atoms with van der Waals surface area (Å²) in [5.41, 5.74) is 4.17. The molecule has 0 spiro atoms. The van der Waals surface area contributed by atoms with Gasteiger partial charge in [0.05, 0.1) is 0 Å². The van der Waals surface area contributed by atoms with Gasteiger partial charge in [-0.2, -0.15) is 0 Å². The Kier molecular flexibility index (Phi) is 4.48. The number of fused-ring (bicyclic) bond motifs is 1. The monoisotopic (exact) mass is 262 g/mol. The quantitative estimate of drug-likeness (QED) is 0.855. The van der Waals surface area contributed by atoms with Crippen molar-refractivity contribution < 1.29 is 5.11 Å². The number of aliphatic hydroxyl groups excluding tert-OH is 1. The minimum absolute atomic E-state index is 0.0125. The summed E-state index contributed by atoms with van der Waals surface area (Å²) in [6, 6.07) is 6.78. The highest BCUT2D eigenvalue weighted by molar-refractivity contribution is 5.56. The van der Waals surface area contributed by atoms with Crippen molar-refractivity contribution in [2.24, 2.45) is 0 Å². The number of rotatable bonds is 5. The van der Waals surface area contributed by atoms with Crippen LogP contribution < -0.4 is 10.2 Å². The van der Waals surface area contributed by atoms with Gasteiger partial charge in [-0.1, -0.05) is 12.1 Å². The lowest BCUT2D eigenvalue weighted by Gasteiger charge is -2.29. The molecule has 0 radical (unpaired) electrons. The van der Waals surface area contributed by atoms with Crippen LogP contribution in [0.25, 0.3) is 0 Å². The summed E-state index contributed by atoms with van der Waals surface area (Å²) in [5, 5.41) is 12.6. The third-order valence-corrected chi connectivity index (χ3v) is 4.00. The minimum atomic E-state index is -0.0125. The second kappa shape index (κ2) is 5.93. The number of benzene rings is 1. The average molecular weight is 262 g/mol. The van der Waals surface area contributed by atoms with E-state index in [0.717, 1.165) is 19.5 Å². The Morgan fingerprint density at radius 2 is 2.16 bits per heavy atom. The Hall–Kier alpha value is -1.06. The standard InChI is InChI=1S/C16H26N2O/c1-16(2,8-10-19)17-12-13-6-7-15-14(11-13)5-4-9-18(15)3/h6-7,11,17,19H,4-5,8-10,12H2,1-3H3. The van der Waals surface area contributed by atoms with Crippen LogP contribution in [0.15, 0.2) is 18.2 Å². The van der Waals surface area contributed by atoms with Crippen molar-refractivity contribution in [3.63, 3.8) is 0 Å². The maximum absolute atomic E-state index is 9.04. The first-order chi connectivity index (χ1) is 9.02. The lowest BCUT2D eigenvalue weighted by molar-refractivity contribution is 0.230. The molecule has 3 heteroatoms. The summed E-state index contributed by atoms with van der Waals surface area (Å²) < 4.78 is 0. The Labute approximate surface area is 116 Å². The van der Waals surface area contributed by atoms with Crippen LogP contribution >= 0.6 is 0 Å². The van der Waals surface area contributed by atoms with Gasteiger partial charge in [0.1, 0.15) is 0 Å². The van der Waals surface area contributed by atoms with Crippen molar-refractivity contribution in [3.05, 3.63) is 29.3 Å². The van der Waals surface area contributed by atoms with Gasteiger partial charge in [-0.25, -0.2) is 0 Å². The van der Waals surface area contributed by atoms with Gasteiger partial charge < -0.3 is 15.3 Å². The van der Waals surface area contributed by atoms with E-state index in [0.29, 0.717) is 0 Å². The largest absolute Gasteiger partial charge is 0.396 e. The van der Waals surface area contributed by atoms with Crippen molar-refractivity contribution in [1.29, 1.82) is 0 Å². The Morgan fingerprint density at radius 3 is 2.89 bits per heavy atom. The molecule has 106 valence electrons. The Morgan fingerprint density at radius 1 is 1.37 bits per heavy atom. The van der Waals surface area contributed by atoms with Crippen LogP contribution in [0.4, 0.5) is 5.69 Å². The van der Waals surface area contributed by atoms with Crippen LogP contribution in [0.5, 0.6) is 0 Å². The Bertz CT molecular complexity index is 429. The van der Waals surface area contributed by atoms with Crippen LogP contribution in [0.2, 0.25) is 0 Å². The molecule has 0 atom stereocenters. The number of nitrogens with zero attached hydrogens (tertiary/aromatic N) is 1. The van der Waals surface area contributed by atoms with Gasteiger partial charge >= 0.3 is 0 Å². The summed E-state index contributed by atoms with van der Waals surface area (Å²) in [4.78, 5) is 2.34. The van der Waals surface area contributed by atoms with E-state index >= 15 is 0 Å². The second-order valence-corrected chi connectivity index (χ2v) is 6.20. The molecule has 1 aromatic rings. The van der Waals surface area contributed by atoms with Gasteiger partial charge in [-0.3, -0.25) is 0 Å². The molecule has 19 heavy (non-hydrogen) atoms. The molecule has 0 fully saturated rings. The molecular weight excluding hydrogens is 236 g/mol. The van der Waals surface area contributed by atoms with E-state index in [1.807, 2.05) is 0 Å². The van der Waals surface area contributed by atoms with Crippen molar-refractivity contribution in [2.75, 3.05) is 25.1 Å². The fraction of sp³-hybridized carbons (Fsp3) is 0.625. The smallest absolute Gasteiger partial charge is 0.0448 e. The predicted molar refractivity (Wildman–Crippen MR) is 80.7 cm³/mol. The molecule has 1 aliphatic heterocycles. The Balaban J connectivity index is 2.02. The molecule has 0 bridgehead atoms. The average Bonchev–Trinajstić information content (AvgIpc) is 2.37. The summed E-state index contributed by atoms with van der Waals surface area (Å²) in [6.07, 6.45) is 3.21. The van der Waals surface area contributed by atoms with Crippen LogP contribution in [-0.4, -0.2) is 30.8 Å². The van der Waals surface area contributed by atoms with Crippen LogP contribution in [0.3, 0.4) is 0 Å². The molecule has 0 aromatic heterocycles. The lowest BCUT2D eigenvalue weighted by atomic mass is 9.98. The SMILES string of the molecule is CN1CCCc2cc(CNC(C)(C)CCO)ccc21. The highest BCUT2D eigenvalue weighted by Gasteiger charge is 2.17. The first-order valence-corrected chi connectivity index (χ1v) is 7.21. The number of anilines is 1. The van der Waals surface area contributed by atoms with Crippen LogP contribution in [-0.2, 0) is 13.0 Å². The highest BCUT2D eigenvalue weighted by Crippen LogP contribution is 2.26. The molecule has 2 rings (SSSR count). The van der Waals surface area contributed by atoms with Gasteiger partial charge in [0.2, 0.25) is 0 Å². The van der Waals surface area contributed by atoms with Crippen LogP contribution in [0, 0.1) is 0 Å². The topological polar surface area (TPSA) is 35.5 Å². The van der Waals surface area contributed by atoms with E-state index < -0.39 is 0 Å². The second-order valence-electron chi connectivity index (χ2n) is 6.20. The maximum atomic E-state index is 9.04. The molecular formula is C16H26N2O. The zero-order valence-electron chi connectivity index (χ0n) is 12.4. The van der Waals surface area contributed by atoms with E-state index in [9.17, 15) is 0 Å². The maximum Gasteiger partial charge on any atom is 0.0448 e. The van der Waals surface area contributed by atoms with E-state index in [2.05, 4.69) is 49.3 Å². The molecule has 2 N–H and O–H groups in total. The van der Waals surface area contributed by atoms with Gasteiger partial charge in [0, 0.05) is 38.0 Å². The number of hydrogen-bond donors (Lipinski definition) is 2. The molecule has 0 amide bonds. The van der Waals surface area contributed by atoms with Gasteiger partial charge in [0.15, 0.2) is 0 Å². The molecule has 3 nitrogen and oxygen atoms in total. The molecule has 0 saturated carbocycles. The van der Waals surface area contributed by atoms with Gasteiger partial charge in [-0.15, -0.1) is 0 Å². The molecule has 1 aromatic carbocycles. The zero-order valence-corrected chi connectivity index (χ0v) is 12.4. The summed E-state index contributed by atoms with van der Waals surface area (Å²) in [6.45, 7) is 6.53. The normalized spacial score (nSPS) is 15.5. The van der Waals surface area contributed by atoms with Crippen LogP contribution in [0.1, 0.15) is 37.8 Å². The third-order valence-electron chi connectivity index (χ3n) is 4.00. The van der Waals surface area contributed by atoms with Gasteiger partial charge in [-0.05, 0) is 50.3 Å². The van der Waals surface area contributed by atoms with E-state index in [-0.39, 0.29) is 12.1 Å². The molecule has 0 unspecified atom stereocenters. The molecule has 0 saturated heterocycles. The number of nitrogens with one attached hydrogen (secondary N) is 1. The number of aliphatic hydroxyl groups is 1. The van der Waals surface area contributed by atoms with E-state index in [1.165, 1.54) is 29.7 Å². The van der Waals surface area contributed by atoms with Gasteiger partial charge in [0.25, 0.3) is 0 Å². The number of hydrogen-bond acceptors (Lipinski definition) is 3. The van der Waals surface area contributed by atoms with E-state index in [1.54, 1.807) is 0 Å². The number of aryl methyl sites for hydroxylation is 1. The highest BCUT2D eigenvalue weighted by atomic mass is 16.3. The van der Waals surface area contributed by atoms with Crippen molar-refractivity contribution in [2.45, 2.75) is 45.2 Å². The van der Waals surface area contributed by atoms with Crippen molar-refractivity contribution in [3.8, 4) is 0 Å².